The van der Waals surface area contributed by atoms with Gasteiger partial charge in [-0.05, 0) is 60.7 Å². The van der Waals surface area contributed by atoms with E-state index in [2.05, 4.69) is 17.4 Å². The van der Waals surface area contributed by atoms with Crippen LogP contribution in [0.25, 0.3) is 0 Å². The molecule has 92 valence electrons. The molecule has 2 aliphatic rings. The Bertz CT molecular complexity index is 411. The topological polar surface area (TPSA) is 30.5 Å². The molecule has 3 heteroatoms. The van der Waals surface area contributed by atoms with Gasteiger partial charge in [0.2, 0.25) is 0 Å². The van der Waals surface area contributed by atoms with Gasteiger partial charge in [-0.3, -0.25) is 0 Å². The van der Waals surface area contributed by atoms with Crippen molar-refractivity contribution in [3.8, 4) is 5.75 Å². The molecule has 1 fully saturated rings. The molecule has 1 aromatic rings. The Morgan fingerprint density at radius 2 is 2.18 bits per heavy atom. The summed E-state index contributed by atoms with van der Waals surface area (Å²) >= 11 is 0. The Kier molecular flexibility index (Phi) is 3.04. The lowest BCUT2D eigenvalue weighted by Gasteiger charge is -2.14. The van der Waals surface area contributed by atoms with Crippen molar-refractivity contribution in [2.45, 2.75) is 26.1 Å². The van der Waals surface area contributed by atoms with Crippen LogP contribution in [0.1, 0.15) is 23.1 Å². The molecule has 3 rings (SSSR count). The summed E-state index contributed by atoms with van der Waals surface area (Å²) in [6.45, 7) is 3.78. The van der Waals surface area contributed by atoms with Crippen molar-refractivity contribution in [3.05, 3.63) is 28.8 Å². The maximum Gasteiger partial charge on any atom is 0.122 e. The lowest BCUT2D eigenvalue weighted by atomic mass is 9.95. The van der Waals surface area contributed by atoms with Gasteiger partial charge in [0.1, 0.15) is 5.75 Å². The Hall–Kier alpha value is -1.06. The minimum Gasteiger partial charge on any atom is -0.496 e. The number of ether oxygens (including phenoxy) is 2. The minimum absolute atomic E-state index is 0.733. The van der Waals surface area contributed by atoms with Crippen molar-refractivity contribution in [2.24, 2.45) is 5.92 Å². The number of hydrogen-bond acceptors (Lipinski definition) is 3. The van der Waals surface area contributed by atoms with Gasteiger partial charge in [-0.1, -0.05) is 0 Å². The van der Waals surface area contributed by atoms with E-state index in [0.717, 1.165) is 44.4 Å². The van der Waals surface area contributed by atoms with Gasteiger partial charge in [0, 0.05) is 0 Å². The standard InChI is InChI=1S/C14H19NO2/c1-16-14-6-13-9-17-8-12(13)5-11(14)4-10-2-3-15-7-10/h5-6,10,15H,2-4,7-9H2,1H3. The molecule has 0 aromatic heterocycles. The van der Waals surface area contributed by atoms with E-state index < -0.39 is 0 Å². The van der Waals surface area contributed by atoms with Gasteiger partial charge >= 0.3 is 0 Å². The number of hydrogen-bond donors (Lipinski definition) is 1. The third-order valence-electron chi connectivity index (χ3n) is 3.79. The quantitative estimate of drug-likeness (QED) is 0.864. The van der Waals surface area contributed by atoms with E-state index >= 15 is 0 Å². The SMILES string of the molecule is COc1cc2c(cc1CC1CCNC1)COC2. The van der Waals surface area contributed by atoms with Crippen LogP contribution < -0.4 is 10.1 Å². The molecule has 1 unspecified atom stereocenters. The fourth-order valence-corrected chi connectivity index (χ4v) is 2.81. The van der Waals surface area contributed by atoms with Crippen molar-refractivity contribution < 1.29 is 9.47 Å². The van der Waals surface area contributed by atoms with Crippen molar-refractivity contribution in [3.63, 3.8) is 0 Å². The summed E-state index contributed by atoms with van der Waals surface area (Å²) < 4.78 is 11.0. The Morgan fingerprint density at radius 3 is 2.88 bits per heavy atom. The van der Waals surface area contributed by atoms with Gasteiger partial charge in [-0.15, -0.1) is 0 Å². The van der Waals surface area contributed by atoms with Crippen LogP contribution in [0.4, 0.5) is 0 Å². The first-order valence-corrected chi connectivity index (χ1v) is 6.34. The fraction of sp³-hybridized carbons (Fsp3) is 0.571. The van der Waals surface area contributed by atoms with E-state index in [4.69, 9.17) is 9.47 Å². The smallest absolute Gasteiger partial charge is 0.122 e. The van der Waals surface area contributed by atoms with Crippen LogP contribution >= 0.6 is 0 Å². The molecule has 1 atom stereocenters. The van der Waals surface area contributed by atoms with E-state index in [9.17, 15) is 0 Å². The van der Waals surface area contributed by atoms with Gasteiger partial charge < -0.3 is 14.8 Å². The van der Waals surface area contributed by atoms with Crippen LogP contribution in [0.2, 0.25) is 0 Å². The fourth-order valence-electron chi connectivity index (χ4n) is 2.81. The number of fused-ring (bicyclic) bond motifs is 1. The maximum absolute atomic E-state index is 5.50. The molecule has 17 heavy (non-hydrogen) atoms. The number of benzene rings is 1. The van der Waals surface area contributed by atoms with Crippen LogP contribution in [0.5, 0.6) is 5.75 Å². The first-order valence-electron chi connectivity index (χ1n) is 6.34. The Morgan fingerprint density at radius 1 is 1.35 bits per heavy atom. The van der Waals surface area contributed by atoms with Crippen LogP contribution in [0.3, 0.4) is 0 Å². The molecule has 2 heterocycles. The maximum atomic E-state index is 5.50. The molecular formula is C14H19NO2. The molecule has 3 nitrogen and oxygen atoms in total. The number of methoxy groups -OCH3 is 1. The molecule has 0 amide bonds. The molecule has 1 saturated heterocycles. The van der Waals surface area contributed by atoms with Crippen molar-refractivity contribution in [1.82, 2.24) is 5.32 Å². The first-order chi connectivity index (χ1) is 8.36. The molecule has 0 radical (unpaired) electrons. The third kappa shape index (κ3) is 2.17. The average Bonchev–Trinajstić information content (AvgIpc) is 2.98. The zero-order valence-electron chi connectivity index (χ0n) is 10.3. The predicted octanol–water partition coefficient (Wildman–Crippen LogP) is 1.88. The average molecular weight is 233 g/mol. The second kappa shape index (κ2) is 4.67. The Balaban J connectivity index is 1.86. The first kappa shape index (κ1) is 11.1. The lowest BCUT2D eigenvalue weighted by molar-refractivity contribution is 0.134. The highest BCUT2D eigenvalue weighted by Gasteiger charge is 2.20. The van der Waals surface area contributed by atoms with Crippen LogP contribution in [-0.4, -0.2) is 20.2 Å². The van der Waals surface area contributed by atoms with Crippen molar-refractivity contribution in [1.29, 1.82) is 0 Å². The summed E-state index contributed by atoms with van der Waals surface area (Å²) in [6, 6.07) is 4.43. The highest BCUT2D eigenvalue weighted by molar-refractivity contribution is 5.43. The molecule has 0 aliphatic carbocycles. The molecule has 0 saturated carbocycles. The second-order valence-electron chi connectivity index (χ2n) is 4.99. The van der Waals surface area contributed by atoms with E-state index in [1.165, 1.54) is 23.1 Å². The summed E-state index contributed by atoms with van der Waals surface area (Å²) in [5, 5.41) is 3.42. The highest BCUT2D eigenvalue weighted by atomic mass is 16.5. The minimum atomic E-state index is 0.733. The van der Waals surface area contributed by atoms with E-state index in [1.807, 2.05) is 0 Å². The largest absolute Gasteiger partial charge is 0.496 e. The van der Waals surface area contributed by atoms with E-state index in [0.29, 0.717) is 0 Å². The van der Waals surface area contributed by atoms with Gasteiger partial charge in [0.05, 0.1) is 20.3 Å². The summed E-state index contributed by atoms with van der Waals surface area (Å²) in [6.07, 6.45) is 2.39. The predicted molar refractivity (Wildman–Crippen MR) is 66.2 cm³/mol. The molecular weight excluding hydrogens is 214 g/mol. The van der Waals surface area contributed by atoms with Gasteiger partial charge in [-0.2, -0.15) is 0 Å². The normalized spacial score (nSPS) is 22.8. The molecule has 1 aromatic carbocycles. The summed E-state index contributed by atoms with van der Waals surface area (Å²) in [7, 11) is 1.76. The Labute approximate surface area is 102 Å². The van der Waals surface area contributed by atoms with Gasteiger partial charge in [0.25, 0.3) is 0 Å². The van der Waals surface area contributed by atoms with E-state index in [1.54, 1.807) is 7.11 Å². The van der Waals surface area contributed by atoms with E-state index in [-0.39, 0.29) is 0 Å². The van der Waals surface area contributed by atoms with Crippen LogP contribution in [-0.2, 0) is 24.4 Å². The third-order valence-corrected chi connectivity index (χ3v) is 3.79. The summed E-state index contributed by atoms with van der Waals surface area (Å²) in [4.78, 5) is 0. The monoisotopic (exact) mass is 233 g/mol. The number of nitrogens with one attached hydrogen (secondary N) is 1. The lowest BCUT2D eigenvalue weighted by Crippen LogP contribution is -2.11. The highest BCUT2D eigenvalue weighted by Crippen LogP contribution is 2.31. The van der Waals surface area contributed by atoms with Gasteiger partial charge in [-0.25, -0.2) is 0 Å². The molecule has 0 bridgehead atoms. The zero-order chi connectivity index (χ0) is 11.7. The van der Waals surface area contributed by atoms with Crippen molar-refractivity contribution in [2.75, 3.05) is 20.2 Å². The zero-order valence-corrected chi connectivity index (χ0v) is 10.3. The summed E-state index contributed by atoms with van der Waals surface area (Å²) in [5.41, 5.74) is 3.97. The second-order valence-corrected chi connectivity index (χ2v) is 4.99. The summed E-state index contributed by atoms with van der Waals surface area (Å²) in [5.74, 6) is 1.78. The molecule has 1 N–H and O–H groups in total. The molecule has 2 aliphatic heterocycles. The van der Waals surface area contributed by atoms with Crippen LogP contribution in [0.15, 0.2) is 12.1 Å². The number of rotatable bonds is 3. The van der Waals surface area contributed by atoms with Crippen LogP contribution in [0, 0.1) is 5.92 Å². The van der Waals surface area contributed by atoms with Crippen molar-refractivity contribution >= 4 is 0 Å². The molecule has 0 spiro atoms. The van der Waals surface area contributed by atoms with Gasteiger partial charge in [0.15, 0.2) is 0 Å².